The molecule has 28 heavy (non-hydrogen) atoms. The molecular formula is C23H34O5. The van der Waals surface area contributed by atoms with Gasteiger partial charge in [-0.3, -0.25) is 9.59 Å². The van der Waals surface area contributed by atoms with Crippen molar-refractivity contribution in [2.45, 2.75) is 78.1 Å². The van der Waals surface area contributed by atoms with Gasteiger partial charge in [-0.05, 0) is 52.0 Å². The lowest BCUT2D eigenvalue weighted by molar-refractivity contribution is -0.167. The summed E-state index contributed by atoms with van der Waals surface area (Å²) in [6.45, 7) is 9.67. The average molecular weight is 391 g/mol. The second-order valence-corrected chi connectivity index (χ2v) is 8.84. The van der Waals surface area contributed by atoms with Gasteiger partial charge in [0.2, 0.25) is 0 Å². The van der Waals surface area contributed by atoms with Crippen molar-refractivity contribution in [3.63, 3.8) is 0 Å². The van der Waals surface area contributed by atoms with Gasteiger partial charge in [0.25, 0.3) is 0 Å². The van der Waals surface area contributed by atoms with Crippen LogP contribution < -0.4 is 0 Å². The van der Waals surface area contributed by atoms with Crippen molar-refractivity contribution in [1.82, 2.24) is 0 Å². The van der Waals surface area contributed by atoms with Gasteiger partial charge >= 0.3 is 11.9 Å². The summed E-state index contributed by atoms with van der Waals surface area (Å²) < 4.78 is 17.0. The van der Waals surface area contributed by atoms with Crippen LogP contribution in [0.3, 0.4) is 0 Å². The lowest BCUT2D eigenvalue weighted by Crippen LogP contribution is -2.35. The molecule has 0 radical (unpaired) electrons. The quantitative estimate of drug-likeness (QED) is 0.557. The van der Waals surface area contributed by atoms with Gasteiger partial charge in [-0.1, -0.05) is 37.3 Å². The van der Waals surface area contributed by atoms with Gasteiger partial charge in [0.15, 0.2) is 0 Å². The van der Waals surface area contributed by atoms with Crippen molar-refractivity contribution in [1.29, 1.82) is 0 Å². The van der Waals surface area contributed by atoms with Gasteiger partial charge < -0.3 is 14.2 Å². The molecule has 1 saturated carbocycles. The zero-order valence-electron chi connectivity index (χ0n) is 17.8. The smallest absolute Gasteiger partial charge is 0.309 e. The molecule has 0 heterocycles. The fourth-order valence-corrected chi connectivity index (χ4v) is 2.84. The van der Waals surface area contributed by atoms with Crippen molar-refractivity contribution >= 4 is 11.9 Å². The number of hydrogen-bond acceptors (Lipinski definition) is 5. The van der Waals surface area contributed by atoms with Gasteiger partial charge in [-0.15, -0.1) is 0 Å². The molecule has 0 aromatic heterocycles. The predicted octanol–water partition coefficient (Wildman–Crippen LogP) is 4.32. The van der Waals surface area contributed by atoms with Crippen molar-refractivity contribution in [2.75, 3.05) is 6.61 Å². The molecule has 5 heteroatoms. The van der Waals surface area contributed by atoms with Crippen LogP contribution in [0.2, 0.25) is 0 Å². The highest BCUT2D eigenvalue weighted by molar-refractivity contribution is 5.79. The lowest BCUT2D eigenvalue weighted by atomic mass is 10.0. The number of hydrogen-bond donors (Lipinski definition) is 0. The number of ether oxygens (including phenoxy) is 3. The Morgan fingerprint density at radius 3 is 2.32 bits per heavy atom. The van der Waals surface area contributed by atoms with Crippen LogP contribution in [0.5, 0.6) is 0 Å². The molecule has 0 amide bonds. The Morgan fingerprint density at radius 2 is 1.75 bits per heavy atom. The fraction of sp³-hybridized carbons (Fsp3) is 0.652. The Morgan fingerprint density at radius 1 is 1.11 bits per heavy atom. The van der Waals surface area contributed by atoms with E-state index in [1.54, 1.807) is 27.7 Å². The minimum atomic E-state index is -0.564. The Kier molecular flexibility index (Phi) is 8.05. The summed E-state index contributed by atoms with van der Waals surface area (Å²) in [5, 5.41) is 0. The molecule has 1 fully saturated rings. The summed E-state index contributed by atoms with van der Waals surface area (Å²) in [5.41, 5.74) is 0.582. The van der Waals surface area contributed by atoms with E-state index >= 15 is 0 Å². The van der Waals surface area contributed by atoms with E-state index in [1.807, 2.05) is 37.3 Å². The maximum absolute atomic E-state index is 12.5. The molecule has 0 N–H and O–H groups in total. The normalized spacial score (nSPS) is 17.5. The first-order valence-electron chi connectivity index (χ1n) is 10.2. The first-order chi connectivity index (χ1) is 13.1. The van der Waals surface area contributed by atoms with E-state index in [1.165, 1.54) is 12.8 Å². The largest absolute Gasteiger partial charge is 0.460 e. The van der Waals surface area contributed by atoms with Crippen LogP contribution >= 0.6 is 0 Å². The maximum Gasteiger partial charge on any atom is 0.309 e. The fourth-order valence-electron chi connectivity index (χ4n) is 2.84. The molecule has 2 rings (SSSR count). The van der Waals surface area contributed by atoms with E-state index in [0.29, 0.717) is 18.9 Å². The number of carbonyl (C=O) groups excluding carboxylic acids is 2. The summed E-state index contributed by atoms with van der Waals surface area (Å²) >= 11 is 0. The molecule has 0 aliphatic heterocycles. The zero-order chi connectivity index (χ0) is 20.7. The molecule has 0 bridgehead atoms. The molecule has 0 unspecified atom stereocenters. The number of rotatable bonds is 10. The number of carbonyl (C=O) groups is 2. The van der Waals surface area contributed by atoms with Crippen LogP contribution in [0.25, 0.3) is 0 Å². The van der Waals surface area contributed by atoms with Crippen LogP contribution in [-0.4, -0.2) is 36.4 Å². The van der Waals surface area contributed by atoms with Crippen LogP contribution in [0.1, 0.15) is 59.4 Å². The average Bonchev–Trinajstić information content (AvgIpc) is 3.41. The second kappa shape index (κ2) is 10.1. The number of benzene rings is 1. The molecule has 3 atom stereocenters. The Hall–Kier alpha value is -1.88. The topological polar surface area (TPSA) is 61.8 Å². The van der Waals surface area contributed by atoms with Gasteiger partial charge in [0, 0.05) is 13.0 Å². The third-order valence-electron chi connectivity index (χ3n) is 4.64. The minimum Gasteiger partial charge on any atom is -0.460 e. The highest BCUT2D eigenvalue weighted by Gasteiger charge is 2.29. The van der Waals surface area contributed by atoms with E-state index in [-0.39, 0.29) is 12.5 Å². The minimum absolute atomic E-state index is 0.00903. The zero-order valence-corrected chi connectivity index (χ0v) is 17.8. The first-order valence-corrected chi connectivity index (χ1v) is 10.2. The van der Waals surface area contributed by atoms with Gasteiger partial charge in [-0.2, -0.15) is 0 Å². The predicted molar refractivity (Wildman–Crippen MR) is 108 cm³/mol. The molecule has 1 aromatic carbocycles. The van der Waals surface area contributed by atoms with E-state index < -0.39 is 29.6 Å². The van der Waals surface area contributed by atoms with E-state index in [0.717, 1.165) is 5.56 Å². The van der Waals surface area contributed by atoms with Crippen molar-refractivity contribution in [3.8, 4) is 0 Å². The molecule has 156 valence electrons. The molecule has 1 aliphatic carbocycles. The maximum atomic E-state index is 12.5. The number of esters is 2. The third-order valence-corrected chi connectivity index (χ3v) is 4.64. The second-order valence-electron chi connectivity index (χ2n) is 8.84. The standard InChI is InChI=1S/C23H34O5/c1-16(13-21(24)28-23(3,4)5)22(25)27-17(2)20(26-15-19-11-12-19)14-18-9-7-6-8-10-18/h6-10,16-17,19-20H,11-15H2,1-5H3/t16-,17+,20-/m1/s1. The Labute approximate surface area is 168 Å². The summed E-state index contributed by atoms with van der Waals surface area (Å²) in [4.78, 5) is 24.4. The van der Waals surface area contributed by atoms with Crippen LogP contribution in [0, 0.1) is 11.8 Å². The Balaban J connectivity index is 1.89. The van der Waals surface area contributed by atoms with Crippen molar-refractivity contribution in [2.24, 2.45) is 11.8 Å². The van der Waals surface area contributed by atoms with Gasteiger partial charge in [-0.25, -0.2) is 0 Å². The SMILES string of the molecule is C[C@H](CC(=O)OC(C)(C)C)C(=O)O[C@@H](C)[C@@H](Cc1ccccc1)OCC1CC1. The molecule has 1 aromatic rings. The van der Waals surface area contributed by atoms with E-state index in [9.17, 15) is 9.59 Å². The third kappa shape index (κ3) is 8.42. The monoisotopic (exact) mass is 390 g/mol. The van der Waals surface area contributed by atoms with Gasteiger partial charge in [0.05, 0.1) is 18.4 Å². The van der Waals surface area contributed by atoms with Crippen LogP contribution in [-0.2, 0) is 30.2 Å². The van der Waals surface area contributed by atoms with Crippen molar-refractivity contribution < 1.29 is 23.8 Å². The van der Waals surface area contributed by atoms with E-state index in [2.05, 4.69) is 0 Å². The van der Waals surface area contributed by atoms with Gasteiger partial charge in [0.1, 0.15) is 11.7 Å². The molecule has 0 saturated heterocycles. The highest BCUT2D eigenvalue weighted by atomic mass is 16.6. The van der Waals surface area contributed by atoms with E-state index in [4.69, 9.17) is 14.2 Å². The molecular weight excluding hydrogens is 356 g/mol. The molecule has 0 spiro atoms. The summed E-state index contributed by atoms with van der Waals surface area (Å²) in [6.07, 6.45) is 2.50. The lowest BCUT2D eigenvalue weighted by Gasteiger charge is -2.26. The summed E-state index contributed by atoms with van der Waals surface area (Å²) in [5.74, 6) is -0.716. The molecule has 5 nitrogen and oxygen atoms in total. The van der Waals surface area contributed by atoms with Crippen LogP contribution in [0.15, 0.2) is 30.3 Å². The highest BCUT2D eigenvalue weighted by Crippen LogP contribution is 2.30. The first kappa shape index (κ1) is 22.4. The Bertz CT molecular complexity index is 630. The van der Waals surface area contributed by atoms with Crippen molar-refractivity contribution in [3.05, 3.63) is 35.9 Å². The van der Waals surface area contributed by atoms with Crippen LogP contribution in [0.4, 0.5) is 0 Å². The molecule has 1 aliphatic rings. The summed E-state index contributed by atoms with van der Waals surface area (Å²) in [6, 6.07) is 10.1. The summed E-state index contributed by atoms with van der Waals surface area (Å²) in [7, 11) is 0.